The molecule has 0 bridgehead atoms. The Bertz CT molecular complexity index is 1030. The molecule has 5 rings (SSSR count). The molecule has 3 heterocycles. The number of nitrogens with one attached hydrogen (secondary N) is 2. The highest BCUT2D eigenvalue weighted by molar-refractivity contribution is 7.12. The molecule has 1 aromatic carbocycles. The number of anilines is 2. The van der Waals surface area contributed by atoms with E-state index in [0.717, 1.165) is 29.1 Å². The fourth-order valence-electron chi connectivity index (χ4n) is 4.04. The Morgan fingerprint density at radius 3 is 2.56 bits per heavy atom. The van der Waals surface area contributed by atoms with Gasteiger partial charge in [-0.3, -0.25) is 4.79 Å². The molecule has 0 unspecified atom stereocenters. The van der Waals surface area contributed by atoms with Crippen molar-refractivity contribution in [2.45, 2.75) is 31.7 Å². The van der Waals surface area contributed by atoms with Gasteiger partial charge in [-0.2, -0.15) is 0 Å². The molecule has 27 heavy (non-hydrogen) atoms. The van der Waals surface area contributed by atoms with Gasteiger partial charge in [-0.25, -0.2) is 0 Å². The number of hydrogen-bond acceptors (Lipinski definition) is 5. The van der Waals surface area contributed by atoms with Gasteiger partial charge in [0.15, 0.2) is 5.78 Å². The summed E-state index contributed by atoms with van der Waals surface area (Å²) in [5, 5.41) is 9.33. The fraction of sp³-hybridized carbons (Fsp3) is 0.227. The summed E-state index contributed by atoms with van der Waals surface area (Å²) in [6, 6.07) is 16.6. The van der Waals surface area contributed by atoms with Crippen molar-refractivity contribution in [2.24, 2.45) is 0 Å². The largest absolute Gasteiger partial charge is 0.372 e. The number of rotatable bonds is 2. The number of carbonyl (C=O) groups excluding carboxylic acids is 1. The van der Waals surface area contributed by atoms with Crippen LogP contribution < -0.4 is 10.6 Å². The third-order valence-electron chi connectivity index (χ3n) is 5.30. The van der Waals surface area contributed by atoms with Crippen molar-refractivity contribution in [3.05, 3.63) is 79.8 Å². The molecule has 2 aliphatic rings. The number of hydrogen-bond donors (Lipinski definition) is 2. The summed E-state index contributed by atoms with van der Waals surface area (Å²) in [5.74, 6) is 0.512. The molecule has 0 spiro atoms. The van der Waals surface area contributed by atoms with E-state index in [4.69, 9.17) is 0 Å². The van der Waals surface area contributed by atoms with E-state index in [2.05, 4.69) is 59.3 Å². The predicted molar refractivity (Wildman–Crippen MR) is 114 cm³/mol. The highest BCUT2D eigenvalue weighted by atomic mass is 32.1. The molecule has 0 fully saturated rings. The molecule has 2 N–H and O–H groups in total. The van der Waals surface area contributed by atoms with Crippen LogP contribution in [0.3, 0.4) is 0 Å². The lowest BCUT2D eigenvalue weighted by Crippen LogP contribution is -2.26. The Labute approximate surface area is 166 Å². The maximum atomic E-state index is 13.3. The standard InChI is InChI=1S/C22H20N2OS2/c1-13-8-9-20(27-13)22-21-17(23-15-5-2-3-6-16(15)24-22)11-14(12-18(21)25)19-7-4-10-26-19/h2-10,14,22-24H,11-12H2,1H3/t14-,22+/m0/s1. The number of ketones is 1. The predicted octanol–water partition coefficient (Wildman–Crippen LogP) is 6.10. The lowest BCUT2D eigenvalue weighted by molar-refractivity contribution is -0.116. The second kappa shape index (κ2) is 6.66. The monoisotopic (exact) mass is 392 g/mol. The van der Waals surface area contributed by atoms with Crippen molar-refractivity contribution in [1.29, 1.82) is 0 Å². The summed E-state index contributed by atoms with van der Waals surface area (Å²) in [7, 11) is 0. The zero-order chi connectivity index (χ0) is 18.4. The van der Waals surface area contributed by atoms with Gasteiger partial charge >= 0.3 is 0 Å². The van der Waals surface area contributed by atoms with E-state index in [9.17, 15) is 4.79 Å². The normalized spacial score (nSPS) is 21.7. The Kier molecular flexibility index (Phi) is 4.14. The molecule has 0 saturated heterocycles. The maximum Gasteiger partial charge on any atom is 0.163 e. The molecule has 0 amide bonds. The second-order valence-corrected chi connectivity index (χ2v) is 9.43. The minimum Gasteiger partial charge on any atom is -0.372 e. The Balaban J connectivity index is 1.62. The van der Waals surface area contributed by atoms with E-state index >= 15 is 0 Å². The summed E-state index contributed by atoms with van der Waals surface area (Å²) >= 11 is 3.51. The molecule has 5 heteroatoms. The molecular formula is C22H20N2OS2. The minimum atomic E-state index is -0.0911. The van der Waals surface area contributed by atoms with Gasteiger partial charge in [-0.15, -0.1) is 22.7 Å². The molecule has 1 aliphatic carbocycles. The number of allylic oxidation sites excluding steroid dienone is 1. The van der Waals surface area contributed by atoms with Gasteiger partial charge in [0.2, 0.25) is 0 Å². The van der Waals surface area contributed by atoms with Gasteiger partial charge in [-0.05, 0) is 49.1 Å². The summed E-state index contributed by atoms with van der Waals surface area (Å²) in [6.07, 6.45) is 1.46. The van der Waals surface area contributed by atoms with Crippen LogP contribution in [0.2, 0.25) is 0 Å². The Hall–Kier alpha value is -2.37. The second-order valence-electron chi connectivity index (χ2n) is 7.13. The van der Waals surface area contributed by atoms with Crippen LogP contribution >= 0.6 is 22.7 Å². The first-order valence-corrected chi connectivity index (χ1v) is 10.9. The first-order chi connectivity index (χ1) is 13.2. The average Bonchev–Trinajstić information content (AvgIpc) is 3.30. The van der Waals surface area contributed by atoms with Crippen LogP contribution in [0.15, 0.2) is 65.2 Å². The first kappa shape index (κ1) is 16.8. The molecule has 0 saturated carbocycles. The van der Waals surface area contributed by atoms with Crippen LogP contribution in [0, 0.1) is 6.92 Å². The lowest BCUT2D eigenvalue weighted by Gasteiger charge is -2.28. The number of thiophene rings is 2. The van der Waals surface area contributed by atoms with Crippen molar-refractivity contribution in [3.63, 3.8) is 0 Å². The smallest absolute Gasteiger partial charge is 0.163 e. The number of carbonyl (C=O) groups is 1. The lowest BCUT2D eigenvalue weighted by atomic mass is 9.82. The van der Waals surface area contributed by atoms with Gasteiger partial charge in [0, 0.05) is 38.2 Å². The number of fused-ring (bicyclic) bond motifs is 1. The van der Waals surface area contributed by atoms with Crippen LogP contribution in [0.25, 0.3) is 0 Å². The number of para-hydroxylation sites is 2. The molecule has 136 valence electrons. The van der Waals surface area contributed by atoms with Crippen molar-refractivity contribution < 1.29 is 4.79 Å². The summed E-state index contributed by atoms with van der Waals surface area (Å²) in [5.41, 5.74) is 4.06. The van der Waals surface area contributed by atoms with Crippen LogP contribution in [-0.4, -0.2) is 5.78 Å². The van der Waals surface area contributed by atoms with Crippen LogP contribution in [0.1, 0.15) is 39.4 Å². The molecule has 1 aliphatic heterocycles. The van der Waals surface area contributed by atoms with Crippen molar-refractivity contribution in [3.8, 4) is 0 Å². The number of benzene rings is 1. The summed E-state index contributed by atoms with van der Waals surface area (Å²) in [4.78, 5) is 17.1. The van der Waals surface area contributed by atoms with Crippen LogP contribution in [-0.2, 0) is 4.79 Å². The van der Waals surface area contributed by atoms with E-state index < -0.39 is 0 Å². The van der Waals surface area contributed by atoms with Gasteiger partial charge in [0.05, 0.1) is 17.4 Å². The topological polar surface area (TPSA) is 41.1 Å². The molecule has 3 aromatic rings. The minimum absolute atomic E-state index is 0.0911. The van der Waals surface area contributed by atoms with Gasteiger partial charge in [0.1, 0.15) is 0 Å². The van der Waals surface area contributed by atoms with Crippen molar-refractivity contribution in [1.82, 2.24) is 0 Å². The molecule has 2 aromatic heterocycles. The molecule has 0 radical (unpaired) electrons. The maximum absolute atomic E-state index is 13.3. The quantitative estimate of drug-likeness (QED) is 0.554. The Morgan fingerprint density at radius 2 is 1.81 bits per heavy atom. The SMILES string of the molecule is Cc1ccc([C@H]2Nc3ccccc3NC3=C2C(=O)C[C@@H](c2cccs2)C3)s1. The molecule has 2 atom stereocenters. The van der Waals surface area contributed by atoms with Crippen LogP contribution in [0.4, 0.5) is 11.4 Å². The molecular weight excluding hydrogens is 372 g/mol. The molecule has 3 nitrogen and oxygen atoms in total. The van der Waals surface area contributed by atoms with Gasteiger partial charge in [0.25, 0.3) is 0 Å². The zero-order valence-electron chi connectivity index (χ0n) is 15.0. The highest BCUT2D eigenvalue weighted by Crippen LogP contribution is 2.45. The van der Waals surface area contributed by atoms with E-state index in [0.29, 0.717) is 6.42 Å². The van der Waals surface area contributed by atoms with Crippen molar-refractivity contribution >= 4 is 39.8 Å². The average molecular weight is 393 g/mol. The van der Waals surface area contributed by atoms with E-state index in [-0.39, 0.29) is 17.7 Å². The Morgan fingerprint density at radius 1 is 0.963 bits per heavy atom. The van der Waals surface area contributed by atoms with Gasteiger partial charge in [-0.1, -0.05) is 18.2 Å². The van der Waals surface area contributed by atoms with Gasteiger partial charge < -0.3 is 10.6 Å². The van der Waals surface area contributed by atoms with E-state index in [1.165, 1.54) is 14.6 Å². The van der Waals surface area contributed by atoms with E-state index in [1.807, 2.05) is 12.1 Å². The number of Topliss-reactive ketones (excluding diaryl/α,β-unsaturated/α-hetero) is 1. The third-order valence-corrected chi connectivity index (χ3v) is 7.40. The highest BCUT2D eigenvalue weighted by Gasteiger charge is 2.36. The third kappa shape index (κ3) is 3.01. The van der Waals surface area contributed by atoms with Crippen LogP contribution in [0.5, 0.6) is 0 Å². The first-order valence-electron chi connectivity index (χ1n) is 9.17. The van der Waals surface area contributed by atoms with Crippen molar-refractivity contribution in [2.75, 3.05) is 10.6 Å². The fourth-order valence-corrected chi connectivity index (χ4v) is 5.81. The zero-order valence-corrected chi connectivity index (χ0v) is 16.6. The number of aryl methyl sites for hydroxylation is 1. The van der Waals surface area contributed by atoms with E-state index in [1.54, 1.807) is 22.7 Å². The summed E-state index contributed by atoms with van der Waals surface area (Å²) < 4.78 is 0. The summed E-state index contributed by atoms with van der Waals surface area (Å²) in [6.45, 7) is 2.11.